The van der Waals surface area contributed by atoms with E-state index < -0.39 is 12.4 Å². The summed E-state index contributed by atoms with van der Waals surface area (Å²) in [6.07, 6.45) is -1.78. The number of aliphatic hydroxyl groups excluding tert-OH is 1. The molecule has 3 aliphatic rings. The fourth-order valence-corrected chi connectivity index (χ4v) is 3.02. The summed E-state index contributed by atoms with van der Waals surface area (Å²) in [5, 5.41) is 14.5. The molecule has 106 valence electrons. The predicted octanol–water partition coefficient (Wildman–Crippen LogP) is 0.530. The average molecular weight is 277 g/mol. The number of nitrogens with zero attached hydrogens (tertiary/aromatic N) is 1. The van der Waals surface area contributed by atoms with E-state index in [1.807, 2.05) is 24.3 Å². The van der Waals surface area contributed by atoms with Gasteiger partial charge in [-0.3, -0.25) is 0 Å². The van der Waals surface area contributed by atoms with E-state index in [1.165, 1.54) is 0 Å². The Morgan fingerprint density at radius 3 is 2.85 bits per heavy atom. The molecule has 4 rings (SSSR count). The lowest BCUT2D eigenvalue weighted by Crippen LogP contribution is -2.51. The van der Waals surface area contributed by atoms with Gasteiger partial charge in [-0.2, -0.15) is 0 Å². The lowest BCUT2D eigenvalue weighted by molar-refractivity contribution is -0.197. The molecule has 0 amide bonds. The molecule has 0 unspecified atom stereocenters. The molecule has 1 N–H and O–H groups in total. The first-order valence-electron chi connectivity index (χ1n) is 6.61. The largest absolute Gasteiger partial charge is 0.497 e. The highest BCUT2D eigenvalue weighted by atomic mass is 16.8. The second-order valence-corrected chi connectivity index (χ2v) is 5.17. The van der Waals surface area contributed by atoms with E-state index in [2.05, 4.69) is 5.16 Å². The Labute approximate surface area is 115 Å². The number of benzene rings is 1. The van der Waals surface area contributed by atoms with Crippen molar-refractivity contribution in [2.24, 2.45) is 11.1 Å². The van der Waals surface area contributed by atoms with E-state index in [1.54, 1.807) is 7.11 Å². The zero-order valence-electron chi connectivity index (χ0n) is 10.9. The van der Waals surface area contributed by atoms with Crippen molar-refractivity contribution in [2.75, 3.05) is 13.7 Å². The molecule has 6 nitrogen and oxygen atoms in total. The highest BCUT2D eigenvalue weighted by Crippen LogP contribution is 2.39. The number of ether oxygens (including phenoxy) is 3. The summed E-state index contributed by atoms with van der Waals surface area (Å²) in [4.78, 5) is 5.47. The molecule has 0 radical (unpaired) electrons. The number of rotatable bonds is 2. The SMILES string of the molecule is COc1ccc(C2=NO[C@H]3[C@H]2[C@@H](O)[C@@H]2OC[C@H]3O2)cc1. The van der Waals surface area contributed by atoms with Crippen LogP contribution in [0.5, 0.6) is 5.75 Å². The number of hydrogen-bond donors (Lipinski definition) is 1. The molecule has 2 saturated heterocycles. The molecular formula is C14H15NO5. The molecule has 0 aliphatic carbocycles. The molecule has 6 heteroatoms. The number of oxime groups is 1. The van der Waals surface area contributed by atoms with Crippen LogP contribution >= 0.6 is 0 Å². The van der Waals surface area contributed by atoms with Gasteiger partial charge in [-0.1, -0.05) is 5.16 Å². The quantitative estimate of drug-likeness (QED) is 0.854. The summed E-state index contributed by atoms with van der Waals surface area (Å²) in [5.41, 5.74) is 1.66. The van der Waals surface area contributed by atoms with Crippen LogP contribution in [0, 0.1) is 5.92 Å². The Morgan fingerprint density at radius 2 is 2.10 bits per heavy atom. The van der Waals surface area contributed by atoms with Gasteiger partial charge in [-0.25, -0.2) is 0 Å². The second-order valence-electron chi connectivity index (χ2n) is 5.17. The third-order valence-electron chi connectivity index (χ3n) is 4.08. The van der Waals surface area contributed by atoms with Crippen LogP contribution in [-0.4, -0.2) is 49.1 Å². The van der Waals surface area contributed by atoms with Gasteiger partial charge >= 0.3 is 0 Å². The van der Waals surface area contributed by atoms with Crippen molar-refractivity contribution in [3.63, 3.8) is 0 Å². The Morgan fingerprint density at radius 1 is 1.30 bits per heavy atom. The normalized spacial score (nSPS) is 38.1. The molecule has 0 spiro atoms. The first-order chi connectivity index (χ1) is 9.78. The molecule has 0 saturated carbocycles. The zero-order valence-corrected chi connectivity index (χ0v) is 10.9. The summed E-state index contributed by atoms with van der Waals surface area (Å²) in [6.45, 7) is 0.439. The van der Waals surface area contributed by atoms with E-state index in [9.17, 15) is 5.11 Å². The maximum Gasteiger partial charge on any atom is 0.184 e. The van der Waals surface area contributed by atoms with Gasteiger partial charge in [-0.15, -0.1) is 0 Å². The number of aliphatic hydroxyl groups is 1. The van der Waals surface area contributed by atoms with Gasteiger partial charge in [0.2, 0.25) is 0 Å². The highest BCUT2D eigenvalue weighted by molar-refractivity contribution is 6.03. The topological polar surface area (TPSA) is 69.5 Å². The van der Waals surface area contributed by atoms with Crippen LogP contribution in [0.1, 0.15) is 5.56 Å². The van der Waals surface area contributed by atoms with Crippen molar-refractivity contribution in [2.45, 2.75) is 24.6 Å². The molecule has 1 aromatic carbocycles. The van der Waals surface area contributed by atoms with E-state index >= 15 is 0 Å². The maximum absolute atomic E-state index is 10.4. The van der Waals surface area contributed by atoms with Crippen LogP contribution in [0.15, 0.2) is 29.4 Å². The van der Waals surface area contributed by atoms with Gasteiger partial charge in [-0.05, 0) is 24.3 Å². The van der Waals surface area contributed by atoms with Gasteiger partial charge < -0.3 is 24.2 Å². The summed E-state index contributed by atoms with van der Waals surface area (Å²) in [6, 6.07) is 7.55. The van der Waals surface area contributed by atoms with Crippen molar-refractivity contribution in [3.05, 3.63) is 29.8 Å². The fourth-order valence-electron chi connectivity index (χ4n) is 3.02. The Bertz CT molecular complexity index is 543. The molecule has 3 aliphatic heterocycles. The van der Waals surface area contributed by atoms with Crippen molar-refractivity contribution < 1.29 is 24.2 Å². The van der Waals surface area contributed by atoms with Gasteiger partial charge in [0.1, 0.15) is 18.0 Å². The van der Waals surface area contributed by atoms with Crippen LogP contribution < -0.4 is 4.74 Å². The first kappa shape index (κ1) is 12.1. The van der Waals surface area contributed by atoms with Crippen molar-refractivity contribution >= 4 is 5.71 Å². The van der Waals surface area contributed by atoms with Gasteiger partial charge in [0.05, 0.1) is 25.3 Å². The van der Waals surface area contributed by atoms with Crippen LogP contribution in [-0.2, 0) is 14.3 Å². The minimum atomic E-state index is -0.762. The van der Waals surface area contributed by atoms with Gasteiger partial charge in [0.25, 0.3) is 0 Å². The minimum Gasteiger partial charge on any atom is -0.497 e. The van der Waals surface area contributed by atoms with Crippen LogP contribution in [0.4, 0.5) is 0 Å². The van der Waals surface area contributed by atoms with Gasteiger partial charge in [0, 0.05) is 5.56 Å². The summed E-state index contributed by atoms with van der Waals surface area (Å²) in [7, 11) is 1.62. The van der Waals surface area contributed by atoms with E-state index in [0.717, 1.165) is 17.0 Å². The smallest absolute Gasteiger partial charge is 0.184 e. The Balaban J connectivity index is 1.65. The third kappa shape index (κ3) is 1.65. The molecule has 3 heterocycles. The van der Waals surface area contributed by atoms with Crippen LogP contribution in [0.25, 0.3) is 0 Å². The summed E-state index contributed by atoms with van der Waals surface area (Å²) in [5.74, 6) is 0.565. The number of hydrogen-bond acceptors (Lipinski definition) is 6. The van der Waals surface area contributed by atoms with Crippen molar-refractivity contribution in [3.8, 4) is 5.75 Å². The average Bonchev–Trinajstić information content (AvgIpc) is 3.11. The van der Waals surface area contributed by atoms with Crippen molar-refractivity contribution in [1.29, 1.82) is 0 Å². The molecule has 20 heavy (non-hydrogen) atoms. The molecule has 2 fully saturated rings. The molecule has 1 aromatic rings. The lowest BCUT2D eigenvalue weighted by Gasteiger charge is -2.32. The zero-order chi connectivity index (χ0) is 13.7. The van der Waals surface area contributed by atoms with E-state index in [0.29, 0.717) is 6.61 Å². The lowest BCUT2D eigenvalue weighted by atomic mass is 9.84. The van der Waals surface area contributed by atoms with Crippen molar-refractivity contribution in [1.82, 2.24) is 0 Å². The van der Waals surface area contributed by atoms with Crippen LogP contribution in [0.3, 0.4) is 0 Å². The molecular weight excluding hydrogens is 262 g/mol. The predicted molar refractivity (Wildman–Crippen MR) is 68.5 cm³/mol. The Kier molecular flexibility index (Phi) is 2.70. The molecule has 5 atom stereocenters. The highest BCUT2D eigenvalue weighted by Gasteiger charge is 2.56. The summed E-state index contributed by atoms with van der Waals surface area (Å²) < 4.78 is 16.1. The van der Waals surface area contributed by atoms with E-state index in [-0.39, 0.29) is 18.1 Å². The van der Waals surface area contributed by atoms with Gasteiger partial charge in [0.15, 0.2) is 12.4 Å². The fraction of sp³-hybridized carbons (Fsp3) is 0.500. The maximum atomic E-state index is 10.4. The third-order valence-corrected chi connectivity index (χ3v) is 4.08. The standard InChI is InChI=1S/C14H15NO5/c1-17-8-4-2-7(3-5-8)11-10-12(16)14-18-6-9(19-14)13(10)20-15-11/h2-5,9-10,12-14,16H,6H2,1H3/t9-,10-,12-,13-,14-/m1/s1. The molecule has 0 aromatic heterocycles. The molecule has 2 bridgehead atoms. The number of methoxy groups -OCH3 is 1. The summed E-state index contributed by atoms with van der Waals surface area (Å²) >= 11 is 0. The van der Waals surface area contributed by atoms with Crippen LogP contribution in [0.2, 0.25) is 0 Å². The number of fused-ring (bicyclic) bond motifs is 4. The van der Waals surface area contributed by atoms with E-state index in [4.69, 9.17) is 19.0 Å². The first-order valence-corrected chi connectivity index (χ1v) is 6.61. The minimum absolute atomic E-state index is 0.159. The Hall–Kier alpha value is -1.63. The monoisotopic (exact) mass is 277 g/mol. The second kappa shape index (κ2) is 4.44.